The van der Waals surface area contributed by atoms with E-state index in [1.165, 1.54) is 4.70 Å². The van der Waals surface area contributed by atoms with Gasteiger partial charge in [0, 0.05) is 18.3 Å². The van der Waals surface area contributed by atoms with Crippen molar-refractivity contribution >= 4 is 32.8 Å². The van der Waals surface area contributed by atoms with Crippen molar-refractivity contribution in [2.75, 3.05) is 12.4 Å². The minimum absolute atomic E-state index is 1.02. The Kier molecular flexibility index (Phi) is 3.84. The van der Waals surface area contributed by atoms with E-state index in [-0.39, 0.29) is 0 Å². The van der Waals surface area contributed by atoms with Crippen LogP contribution in [0.4, 0.5) is 5.69 Å². The van der Waals surface area contributed by atoms with Gasteiger partial charge >= 0.3 is 0 Å². The molecule has 0 aliphatic carbocycles. The summed E-state index contributed by atoms with van der Waals surface area (Å²) in [7, 11) is 1.92. The Bertz CT molecular complexity index is 764. The predicted octanol–water partition coefficient (Wildman–Crippen LogP) is 4.96. The number of aromatic nitrogens is 1. The Labute approximate surface area is 128 Å². The number of anilines is 1. The molecule has 0 aliphatic rings. The number of para-hydroxylation sites is 1. The van der Waals surface area contributed by atoms with Crippen LogP contribution in [0, 0.1) is 0 Å². The van der Waals surface area contributed by atoms with Crippen LogP contribution in [0.3, 0.4) is 0 Å². The zero-order chi connectivity index (χ0) is 14.7. The molecule has 0 fully saturated rings. The summed E-state index contributed by atoms with van der Waals surface area (Å²) in [6.45, 7) is 3.83. The van der Waals surface area contributed by atoms with E-state index >= 15 is 0 Å². The van der Waals surface area contributed by atoms with Crippen LogP contribution in [0.25, 0.3) is 15.8 Å². The molecule has 1 N–H and O–H groups in total. The third-order valence-electron chi connectivity index (χ3n) is 3.29. The SMILES string of the molecule is C=C/C=C(\c1ccc(NC)cc1)c1nc2ccccc2s1. The molecule has 0 saturated heterocycles. The van der Waals surface area contributed by atoms with Crippen molar-refractivity contribution < 1.29 is 0 Å². The maximum atomic E-state index is 4.74. The molecule has 0 saturated carbocycles. The molecule has 21 heavy (non-hydrogen) atoms. The van der Waals surface area contributed by atoms with Gasteiger partial charge < -0.3 is 5.32 Å². The Hall–Kier alpha value is -2.39. The number of benzene rings is 2. The number of nitrogens with one attached hydrogen (secondary N) is 1. The van der Waals surface area contributed by atoms with Gasteiger partial charge in [-0.1, -0.05) is 43.0 Å². The number of rotatable bonds is 4. The van der Waals surface area contributed by atoms with Crippen molar-refractivity contribution in [2.24, 2.45) is 0 Å². The molecule has 0 amide bonds. The van der Waals surface area contributed by atoms with Gasteiger partial charge in [0.15, 0.2) is 0 Å². The Morgan fingerprint density at radius 1 is 1.14 bits per heavy atom. The van der Waals surface area contributed by atoms with Gasteiger partial charge in [0.25, 0.3) is 0 Å². The zero-order valence-electron chi connectivity index (χ0n) is 11.8. The van der Waals surface area contributed by atoms with Crippen LogP contribution in [0.5, 0.6) is 0 Å². The quantitative estimate of drug-likeness (QED) is 0.688. The third kappa shape index (κ3) is 2.73. The monoisotopic (exact) mass is 292 g/mol. The van der Waals surface area contributed by atoms with Crippen LogP contribution < -0.4 is 5.32 Å². The molecule has 0 aliphatic heterocycles. The maximum Gasteiger partial charge on any atom is 0.125 e. The highest BCUT2D eigenvalue weighted by atomic mass is 32.1. The van der Waals surface area contributed by atoms with Crippen molar-refractivity contribution in [3.63, 3.8) is 0 Å². The third-order valence-corrected chi connectivity index (χ3v) is 4.36. The highest BCUT2D eigenvalue weighted by molar-refractivity contribution is 7.19. The Morgan fingerprint density at radius 3 is 2.57 bits per heavy atom. The molecule has 3 aromatic rings. The smallest absolute Gasteiger partial charge is 0.125 e. The molecule has 3 rings (SSSR count). The fourth-order valence-electron chi connectivity index (χ4n) is 2.21. The van der Waals surface area contributed by atoms with Crippen molar-refractivity contribution in [2.45, 2.75) is 0 Å². The van der Waals surface area contributed by atoms with Crippen LogP contribution in [-0.4, -0.2) is 12.0 Å². The summed E-state index contributed by atoms with van der Waals surface area (Å²) in [5.41, 5.74) is 4.39. The highest BCUT2D eigenvalue weighted by Gasteiger charge is 2.10. The number of hydrogen-bond donors (Lipinski definition) is 1. The van der Waals surface area contributed by atoms with Crippen LogP contribution in [0.2, 0.25) is 0 Å². The highest BCUT2D eigenvalue weighted by Crippen LogP contribution is 2.31. The molecule has 2 nitrogen and oxygen atoms in total. The molecular weight excluding hydrogens is 276 g/mol. The average molecular weight is 292 g/mol. The lowest BCUT2D eigenvalue weighted by atomic mass is 10.1. The largest absolute Gasteiger partial charge is 0.388 e. The molecule has 0 unspecified atom stereocenters. The summed E-state index contributed by atoms with van der Waals surface area (Å²) < 4.78 is 1.20. The summed E-state index contributed by atoms with van der Waals surface area (Å²) in [6, 6.07) is 16.6. The van der Waals surface area contributed by atoms with Crippen LogP contribution in [0.1, 0.15) is 10.6 Å². The molecular formula is C18H16N2S. The molecule has 3 heteroatoms. The standard InChI is InChI=1S/C18H16N2S/c1-3-6-15(13-9-11-14(19-2)12-10-13)18-20-16-7-4-5-8-17(16)21-18/h3-12,19H,1H2,2H3/b15-6+. The number of thiazole rings is 1. The van der Waals surface area contributed by atoms with Gasteiger partial charge in [-0.15, -0.1) is 11.3 Å². The first-order valence-corrected chi connectivity index (χ1v) is 7.60. The van der Waals surface area contributed by atoms with Gasteiger partial charge in [-0.2, -0.15) is 0 Å². The number of nitrogens with zero attached hydrogens (tertiary/aromatic N) is 1. The first-order chi connectivity index (χ1) is 10.3. The second-order valence-electron chi connectivity index (χ2n) is 4.63. The number of fused-ring (bicyclic) bond motifs is 1. The van der Waals surface area contributed by atoms with E-state index in [9.17, 15) is 0 Å². The van der Waals surface area contributed by atoms with E-state index in [2.05, 4.69) is 42.2 Å². The van der Waals surface area contributed by atoms with E-state index in [0.717, 1.165) is 27.3 Å². The van der Waals surface area contributed by atoms with Gasteiger partial charge in [-0.25, -0.2) is 4.98 Å². The van der Waals surface area contributed by atoms with Gasteiger partial charge in [0.2, 0.25) is 0 Å². The molecule has 104 valence electrons. The molecule has 0 atom stereocenters. The molecule has 0 bridgehead atoms. The van der Waals surface area contributed by atoms with Gasteiger partial charge in [-0.3, -0.25) is 0 Å². The molecule has 1 aromatic heterocycles. The lowest BCUT2D eigenvalue weighted by molar-refractivity contribution is 1.42. The predicted molar refractivity (Wildman–Crippen MR) is 92.9 cm³/mol. The number of hydrogen-bond acceptors (Lipinski definition) is 3. The summed E-state index contributed by atoms with van der Waals surface area (Å²) in [5, 5.41) is 4.16. The van der Waals surface area contributed by atoms with Gasteiger partial charge in [0.1, 0.15) is 5.01 Å². The molecule has 2 aromatic carbocycles. The fraction of sp³-hybridized carbons (Fsp3) is 0.0556. The molecule has 1 heterocycles. The van der Waals surface area contributed by atoms with E-state index in [1.54, 1.807) is 11.3 Å². The first kappa shape index (κ1) is 13.6. The Balaban J connectivity index is 2.08. The van der Waals surface area contributed by atoms with Crippen molar-refractivity contribution in [1.29, 1.82) is 0 Å². The maximum absolute atomic E-state index is 4.74. The minimum atomic E-state index is 1.02. The van der Waals surface area contributed by atoms with E-state index in [0.29, 0.717) is 0 Å². The van der Waals surface area contributed by atoms with Crippen LogP contribution >= 0.6 is 11.3 Å². The number of allylic oxidation sites excluding steroid dienone is 2. The summed E-state index contributed by atoms with van der Waals surface area (Å²) in [6.07, 6.45) is 3.83. The normalized spacial score (nSPS) is 11.6. The zero-order valence-corrected chi connectivity index (χ0v) is 12.7. The lowest BCUT2D eigenvalue weighted by Gasteiger charge is -2.05. The summed E-state index contributed by atoms with van der Waals surface area (Å²) >= 11 is 1.71. The van der Waals surface area contributed by atoms with Crippen LogP contribution in [-0.2, 0) is 0 Å². The van der Waals surface area contributed by atoms with Crippen LogP contribution in [0.15, 0.2) is 67.3 Å². The topological polar surface area (TPSA) is 24.9 Å². The van der Waals surface area contributed by atoms with Crippen molar-refractivity contribution in [3.05, 3.63) is 77.8 Å². The second kappa shape index (κ2) is 5.94. The van der Waals surface area contributed by atoms with Gasteiger partial charge in [-0.05, 0) is 29.8 Å². The summed E-state index contributed by atoms with van der Waals surface area (Å²) in [4.78, 5) is 4.74. The minimum Gasteiger partial charge on any atom is -0.388 e. The van der Waals surface area contributed by atoms with Crippen molar-refractivity contribution in [3.8, 4) is 0 Å². The Morgan fingerprint density at radius 2 is 1.90 bits per heavy atom. The lowest BCUT2D eigenvalue weighted by Crippen LogP contribution is -1.90. The summed E-state index contributed by atoms with van der Waals surface area (Å²) in [5.74, 6) is 0. The first-order valence-electron chi connectivity index (χ1n) is 6.78. The van der Waals surface area contributed by atoms with E-state index in [1.807, 2.05) is 37.4 Å². The molecule has 0 spiro atoms. The fourth-order valence-corrected chi connectivity index (χ4v) is 3.23. The van der Waals surface area contributed by atoms with Gasteiger partial charge in [0.05, 0.1) is 10.2 Å². The second-order valence-corrected chi connectivity index (χ2v) is 5.66. The van der Waals surface area contributed by atoms with E-state index < -0.39 is 0 Å². The molecule has 0 radical (unpaired) electrons. The van der Waals surface area contributed by atoms with E-state index in [4.69, 9.17) is 4.98 Å². The van der Waals surface area contributed by atoms with Crippen molar-refractivity contribution in [1.82, 2.24) is 4.98 Å². The average Bonchev–Trinajstić information content (AvgIpc) is 2.96.